The lowest BCUT2D eigenvalue weighted by atomic mass is 10.1. The highest BCUT2D eigenvalue weighted by Crippen LogP contribution is 2.43. The molecular weight excluding hydrogens is 683 g/mol. The number of aliphatic hydroxyl groups excluding tert-OH is 2. The second-order valence-electron chi connectivity index (χ2n) is 13.7. The van der Waals surface area contributed by atoms with Gasteiger partial charge in [-0.2, -0.15) is 0 Å². The van der Waals surface area contributed by atoms with E-state index >= 15 is 0 Å². The Morgan fingerprint density at radius 1 is 0.577 bits per heavy atom. The van der Waals surface area contributed by atoms with E-state index in [1.807, 2.05) is 0 Å². The molecule has 52 heavy (non-hydrogen) atoms. The highest BCUT2D eigenvalue weighted by Gasteiger charge is 2.27. The van der Waals surface area contributed by atoms with Crippen LogP contribution >= 0.6 is 7.82 Å². The molecule has 0 aliphatic rings. The number of carbonyl (C=O) groups is 2. The minimum Gasteiger partial charge on any atom is -0.462 e. The molecule has 10 nitrogen and oxygen atoms in total. The molecule has 304 valence electrons. The van der Waals surface area contributed by atoms with Crippen molar-refractivity contribution in [3.05, 3.63) is 36.5 Å². The minimum atomic E-state index is -4.62. The number of ether oxygens (including phenoxy) is 2. The molecule has 0 aromatic rings. The number of hydrogen-bond acceptors (Lipinski definition) is 9. The van der Waals surface area contributed by atoms with E-state index in [9.17, 15) is 24.2 Å². The van der Waals surface area contributed by atoms with Crippen LogP contribution in [-0.2, 0) is 32.7 Å². The highest BCUT2D eigenvalue weighted by molar-refractivity contribution is 7.47. The van der Waals surface area contributed by atoms with Gasteiger partial charge in [0.1, 0.15) is 12.7 Å². The summed E-state index contributed by atoms with van der Waals surface area (Å²) in [5, 5.41) is 18.3. The maximum atomic E-state index is 12.6. The van der Waals surface area contributed by atoms with Gasteiger partial charge in [0, 0.05) is 12.8 Å². The van der Waals surface area contributed by atoms with Gasteiger partial charge >= 0.3 is 19.8 Å². The molecule has 0 radical (unpaired) electrons. The maximum absolute atomic E-state index is 12.6. The summed E-state index contributed by atoms with van der Waals surface area (Å²) in [5.74, 6) is -0.951. The Kier molecular flexibility index (Phi) is 36.2. The normalized spacial score (nSPS) is 14.3. The number of allylic oxidation sites excluding steroid dienone is 6. The molecule has 0 aliphatic heterocycles. The van der Waals surface area contributed by atoms with Crippen molar-refractivity contribution in [2.45, 2.75) is 187 Å². The number of rotatable bonds is 38. The Labute approximate surface area is 316 Å². The van der Waals surface area contributed by atoms with Gasteiger partial charge in [-0.15, -0.1) is 0 Å². The average molecular weight is 759 g/mol. The van der Waals surface area contributed by atoms with Crippen LogP contribution < -0.4 is 0 Å². The molecule has 0 saturated heterocycles. The molecular formula is C41H75O10P. The van der Waals surface area contributed by atoms with Crippen LogP contribution in [0.1, 0.15) is 174 Å². The molecule has 3 atom stereocenters. The summed E-state index contributed by atoms with van der Waals surface area (Å²) in [7, 11) is -4.62. The molecule has 0 fully saturated rings. The smallest absolute Gasteiger partial charge is 0.462 e. The van der Waals surface area contributed by atoms with Gasteiger partial charge in [-0.25, -0.2) is 4.57 Å². The van der Waals surface area contributed by atoms with Crippen molar-refractivity contribution in [3.8, 4) is 0 Å². The van der Waals surface area contributed by atoms with Gasteiger partial charge in [0.05, 0.1) is 19.8 Å². The lowest BCUT2D eigenvalue weighted by Gasteiger charge is -2.20. The summed E-state index contributed by atoms with van der Waals surface area (Å²) >= 11 is 0. The minimum absolute atomic E-state index is 0.166. The molecule has 0 spiro atoms. The molecule has 11 heteroatoms. The summed E-state index contributed by atoms with van der Waals surface area (Å²) in [6, 6.07) is 0. The Morgan fingerprint density at radius 3 is 1.54 bits per heavy atom. The van der Waals surface area contributed by atoms with Gasteiger partial charge in [0.15, 0.2) is 6.10 Å². The van der Waals surface area contributed by atoms with Crippen molar-refractivity contribution in [1.82, 2.24) is 0 Å². The third kappa shape index (κ3) is 36.5. The van der Waals surface area contributed by atoms with Crippen molar-refractivity contribution < 1.29 is 47.8 Å². The summed E-state index contributed by atoms with van der Waals surface area (Å²) in [4.78, 5) is 34.9. The number of hydrogen-bond donors (Lipinski definition) is 3. The monoisotopic (exact) mass is 759 g/mol. The summed E-state index contributed by atoms with van der Waals surface area (Å²) in [6.45, 7) is 2.31. The van der Waals surface area contributed by atoms with E-state index in [0.29, 0.717) is 12.8 Å². The lowest BCUT2D eigenvalue weighted by molar-refractivity contribution is -0.161. The SMILES string of the molecule is CCCCC/C=C\C/C=C\CCCCCCCC(=O)OC(COC(=O)CCCCCCC/C=C\CCCCCCC)COP(=O)(O)OCC(O)CO. The van der Waals surface area contributed by atoms with Gasteiger partial charge in [-0.1, -0.05) is 127 Å². The number of esters is 2. The molecule has 3 unspecified atom stereocenters. The van der Waals surface area contributed by atoms with Crippen LogP contribution in [-0.4, -0.2) is 65.7 Å². The van der Waals surface area contributed by atoms with E-state index in [1.54, 1.807) is 0 Å². The molecule has 0 aliphatic carbocycles. The molecule has 0 aromatic heterocycles. The molecule has 0 amide bonds. The third-order valence-electron chi connectivity index (χ3n) is 8.52. The average Bonchev–Trinajstić information content (AvgIpc) is 3.13. The van der Waals surface area contributed by atoms with Crippen LogP contribution in [0.25, 0.3) is 0 Å². The Bertz CT molecular complexity index is 967. The second-order valence-corrected chi connectivity index (χ2v) is 15.1. The van der Waals surface area contributed by atoms with Crippen LogP contribution in [0.3, 0.4) is 0 Å². The predicted molar refractivity (Wildman–Crippen MR) is 210 cm³/mol. The van der Waals surface area contributed by atoms with Gasteiger partial charge in [-0.3, -0.25) is 18.6 Å². The Hall–Kier alpha value is -1.81. The first kappa shape index (κ1) is 50.2. The van der Waals surface area contributed by atoms with Gasteiger partial charge in [0.2, 0.25) is 0 Å². The Balaban J connectivity index is 4.37. The molecule has 0 aromatic carbocycles. The fraction of sp³-hybridized carbons (Fsp3) is 0.805. The fourth-order valence-electron chi connectivity index (χ4n) is 5.31. The van der Waals surface area contributed by atoms with Crippen molar-refractivity contribution in [3.63, 3.8) is 0 Å². The van der Waals surface area contributed by atoms with Crippen molar-refractivity contribution in [2.24, 2.45) is 0 Å². The quantitative estimate of drug-likeness (QED) is 0.0240. The first-order chi connectivity index (χ1) is 25.2. The first-order valence-electron chi connectivity index (χ1n) is 20.4. The molecule has 3 N–H and O–H groups in total. The van der Waals surface area contributed by atoms with Gasteiger partial charge in [-0.05, 0) is 70.6 Å². The molecule has 0 heterocycles. The number of aliphatic hydroxyl groups is 2. The van der Waals surface area contributed by atoms with Crippen LogP contribution in [0.4, 0.5) is 0 Å². The zero-order valence-electron chi connectivity index (χ0n) is 32.8. The zero-order chi connectivity index (χ0) is 38.4. The number of phosphoric ester groups is 1. The fourth-order valence-corrected chi connectivity index (χ4v) is 6.10. The highest BCUT2D eigenvalue weighted by atomic mass is 31.2. The van der Waals surface area contributed by atoms with Crippen molar-refractivity contribution in [2.75, 3.05) is 26.4 Å². The molecule has 0 bridgehead atoms. The summed E-state index contributed by atoms with van der Waals surface area (Å²) < 4.78 is 32.6. The lowest BCUT2D eigenvalue weighted by Crippen LogP contribution is -2.29. The van der Waals surface area contributed by atoms with Crippen molar-refractivity contribution in [1.29, 1.82) is 0 Å². The van der Waals surface area contributed by atoms with E-state index < -0.39 is 51.8 Å². The predicted octanol–water partition coefficient (Wildman–Crippen LogP) is 10.4. The summed E-state index contributed by atoms with van der Waals surface area (Å²) in [5.41, 5.74) is 0. The van der Waals surface area contributed by atoms with Crippen LogP contribution in [0.2, 0.25) is 0 Å². The van der Waals surface area contributed by atoms with Crippen molar-refractivity contribution >= 4 is 19.8 Å². The number of carbonyl (C=O) groups excluding carboxylic acids is 2. The zero-order valence-corrected chi connectivity index (χ0v) is 33.7. The van der Waals surface area contributed by atoms with E-state index in [4.69, 9.17) is 19.1 Å². The maximum Gasteiger partial charge on any atom is 0.472 e. The number of unbranched alkanes of at least 4 members (excludes halogenated alkanes) is 18. The van der Waals surface area contributed by atoms with Crippen LogP contribution in [0, 0.1) is 0 Å². The largest absolute Gasteiger partial charge is 0.472 e. The number of phosphoric acid groups is 1. The topological polar surface area (TPSA) is 149 Å². The van der Waals surface area contributed by atoms with E-state index in [2.05, 4.69) is 54.8 Å². The van der Waals surface area contributed by atoms with Gasteiger partial charge < -0.3 is 24.6 Å². The second kappa shape index (κ2) is 37.5. The third-order valence-corrected chi connectivity index (χ3v) is 9.47. The van der Waals surface area contributed by atoms with E-state index in [1.165, 1.54) is 51.4 Å². The molecule has 0 rings (SSSR count). The van der Waals surface area contributed by atoms with Crippen LogP contribution in [0.5, 0.6) is 0 Å². The summed E-state index contributed by atoms with van der Waals surface area (Å²) in [6.07, 6.45) is 36.8. The van der Waals surface area contributed by atoms with E-state index in [-0.39, 0.29) is 19.4 Å². The Morgan fingerprint density at radius 2 is 1.00 bits per heavy atom. The standard InChI is InChI=1S/C41H75O10P/c1-3-5-7-9-11-13-15-17-19-21-23-25-27-29-31-33-41(45)51-39(37-50-52(46,47)49-35-38(43)34-42)36-48-40(44)32-30-28-26-24-22-20-18-16-14-12-10-8-6-4-2/h11,13,16-19,38-39,42-43H,3-10,12,14-15,20-37H2,1-2H3,(H,46,47)/b13-11-,18-16-,19-17-. The first-order valence-corrected chi connectivity index (χ1v) is 21.9. The van der Waals surface area contributed by atoms with Crippen LogP contribution in [0.15, 0.2) is 36.5 Å². The van der Waals surface area contributed by atoms with E-state index in [0.717, 1.165) is 83.5 Å². The molecule has 0 saturated carbocycles. The van der Waals surface area contributed by atoms with Gasteiger partial charge in [0.25, 0.3) is 0 Å².